The minimum Gasteiger partial charge on any atom is -0.508 e. The molecule has 3 aliphatic carbocycles. The molecule has 1 N–H and O–H groups in total. The van der Waals surface area contributed by atoms with Gasteiger partial charge >= 0.3 is 0 Å². The number of alkyl halides is 1. The molecule has 0 amide bonds. The van der Waals surface area contributed by atoms with Gasteiger partial charge in [-0.15, -0.1) is 0 Å². The summed E-state index contributed by atoms with van der Waals surface area (Å²) in [4.78, 5) is 12.4. The zero-order valence-electron chi connectivity index (χ0n) is 13.7. The first kappa shape index (κ1) is 14.9. The maximum atomic E-state index is 15.2. The first-order valence-electron chi connectivity index (χ1n) is 8.60. The second-order valence-electron chi connectivity index (χ2n) is 7.68. The summed E-state index contributed by atoms with van der Waals surface area (Å²) in [6.07, 6.45) is 3.68. The van der Waals surface area contributed by atoms with E-state index in [-0.39, 0.29) is 29.3 Å². The Balaban J connectivity index is 1.87. The topological polar surface area (TPSA) is 37.3 Å². The molecule has 0 bridgehead atoms. The quantitative estimate of drug-likeness (QED) is 0.724. The van der Waals surface area contributed by atoms with Crippen molar-refractivity contribution in [2.45, 2.75) is 51.6 Å². The number of Topliss-reactive ketones (excluding diaryl/α,β-unsaturated/α-hetero) is 1. The standard InChI is InChI=1S/C20H23FO2/c1-3-11-8-12-9-13(22)4-5-14(12)19-16(21)10-20(2)15(18(11)19)6-7-17(20)23/h3-5,9,15-16,18-19,22H,6-8,10H2,1-2H3/b11-3-/t15?,16-,18?,19?,20-/m0/s1. The third-order valence-electron chi connectivity index (χ3n) is 6.65. The van der Waals surface area contributed by atoms with Crippen molar-refractivity contribution in [2.75, 3.05) is 0 Å². The molecule has 0 aromatic heterocycles. The van der Waals surface area contributed by atoms with E-state index in [1.54, 1.807) is 12.1 Å². The molecule has 3 heteroatoms. The Morgan fingerprint density at radius 1 is 1.35 bits per heavy atom. The molecule has 1 aromatic carbocycles. The van der Waals surface area contributed by atoms with Crippen LogP contribution < -0.4 is 0 Å². The van der Waals surface area contributed by atoms with Crippen LogP contribution >= 0.6 is 0 Å². The summed E-state index contributed by atoms with van der Waals surface area (Å²) in [5, 5.41) is 9.78. The van der Waals surface area contributed by atoms with Crippen LogP contribution in [0.3, 0.4) is 0 Å². The Hall–Kier alpha value is -1.64. The zero-order chi connectivity index (χ0) is 16.4. The monoisotopic (exact) mass is 314 g/mol. The minimum absolute atomic E-state index is 0.122. The van der Waals surface area contributed by atoms with Gasteiger partial charge in [-0.05, 0) is 61.3 Å². The van der Waals surface area contributed by atoms with Crippen LogP contribution in [0.15, 0.2) is 29.8 Å². The molecule has 2 nitrogen and oxygen atoms in total. The predicted octanol–water partition coefficient (Wildman–Crippen LogP) is 4.32. The van der Waals surface area contributed by atoms with Crippen LogP contribution in [0.4, 0.5) is 4.39 Å². The number of allylic oxidation sites excluding steroid dienone is 2. The maximum Gasteiger partial charge on any atom is 0.139 e. The minimum atomic E-state index is -0.998. The fourth-order valence-electron chi connectivity index (χ4n) is 5.53. The molecule has 0 spiro atoms. The van der Waals surface area contributed by atoms with Crippen LogP contribution in [-0.4, -0.2) is 17.1 Å². The second-order valence-corrected chi connectivity index (χ2v) is 7.68. The normalized spacial score (nSPS) is 40.7. The van der Waals surface area contributed by atoms with Crippen LogP contribution in [0.2, 0.25) is 0 Å². The highest BCUT2D eigenvalue weighted by Crippen LogP contribution is 2.61. The van der Waals surface area contributed by atoms with Crippen molar-refractivity contribution in [3.05, 3.63) is 41.0 Å². The van der Waals surface area contributed by atoms with E-state index in [1.165, 1.54) is 5.57 Å². The van der Waals surface area contributed by atoms with E-state index in [9.17, 15) is 9.90 Å². The highest BCUT2D eigenvalue weighted by molar-refractivity contribution is 5.87. The fourth-order valence-corrected chi connectivity index (χ4v) is 5.53. The maximum absolute atomic E-state index is 15.2. The Morgan fingerprint density at radius 2 is 2.13 bits per heavy atom. The number of fused-ring (bicyclic) bond motifs is 5. The van der Waals surface area contributed by atoms with Gasteiger partial charge in [-0.2, -0.15) is 0 Å². The first-order valence-corrected chi connectivity index (χ1v) is 8.60. The molecule has 23 heavy (non-hydrogen) atoms. The van der Waals surface area contributed by atoms with E-state index < -0.39 is 11.6 Å². The van der Waals surface area contributed by atoms with E-state index in [2.05, 4.69) is 6.08 Å². The van der Waals surface area contributed by atoms with E-state index >= 15 is 4.39 Å². The lowest BCUT2D eigenvalue weighted by Gasteiger charge is -2.50. The van der Waals surface area contributed by atoms with Crippen LogP contribution in [0, 0.1) is 17.3 Å². The summed E-state index contributed by atoms with van der Waals surface area (Å²) in [5.41, 5.74) is 2.81. The van der Waals surface area contributed by atoms with Crippen LogP contribution in [-0.2, 0) is 11.2 Å². The van der Waals surface area contributed by atoms with E-state index in [4.69, 9.17) is 0 Å². The predicted molar refractivity (Wildman–Crippen MR) is 87.1 cm³/mol. The van der Waals surface area contributed by atoms with Crippen molar-refractivity contribution in [1.29, 1.82) is 0 Å². The number of hydrogen-bond acceptors (Lipinski definition) is 2. The lowest BCUT2D eigenvalue weighted by molar-refractivity contribution is -0.130. The van der Waals surface area contributed by atoms with Gasteiger partial charge in [-0.1, -0.05) is 24.6 Å². The molecular weight excluding hydrogens is 291 g/mol. The SMILES string of the molecule is C/C=C1/Cc2cc(O)ccc2C2C1C1CCC(=O)[C@@]1(C)C[C@@H]2F. The summed E-state index contributed by atoms with van der Waals surface area (Å²) in [6.45, 7) is 3.99. The summed E-state index contributed by atoms with van der Waals surface area (Å²) >= 11 is 0. The molecular formula is C20H23FO2. The first-order chi connectivity index (χ1) is 11.0. The molecule has 5 atom stereocenters. The van der Waals surface area contributed by atoms with Crippen LogP contribution in [0.1, 0.15) is 50.2 Å². The molecule has 0 saturated heterocycles. The third-order valence-corrected chi connectivity index (χ3v) is 6.65. The molecule has 122 valence electrons. The van der Waals surface area contributed by atoms with Gasteiger partial charge in [-0.3, -0.25) is 4.79 Å². The number of carbonyl (C=O) groups excluding carboxylic acids is 1. The summed E-state index contributed by atoms with van der Waals surface area (Å²) in [7, 11) is 0. The Kier molecular flexibility index (Phi) is 3.20. The van der Waals surface area contributed by atoms with Crippen molar-refractivity contribution >= 4 is 5.78 Å². The molecule has 2 fully saturated rings. The van der Waals surface area contributed by atoms with Crippen LogP contribution in [0.5, 0.6) is 5.75 Å². The number of carbonyl (C=O) groups is 1. The Labute approximate surface area is 136 Å². The van der Waals surface area contributed by atoms with Gasteiger partial charge in [0.25, 0.3) is 0 Å². The number of ketones is 1. The number of phenols is 1. The average molecular weight is 314 g/mol. The van der Waals surface area contributed by atoms with Crippen LogP contribution in [0.25, 0.3) is 0 Å². The molecule has 2 saturated carbocycles. The number of phenolic OH excluding ortho intramolecular Hbond substituents is 1. The lowest BCUT2D eigenvalue weighted by atomic mass is 9.53. The van der Waals surface area contributed by atoms with Gasteiger partial charge in [0.1, 0.15) is 17.7 Å². The summed E-state index contributed by atoms with van der Waals surface area (Å²) in [6, 6.07) is 5.33. The molecule has 0 radical (unpaired) electrons. The number of aromatic hydroxyl groups is 1. The highest BCUT2D eigenvalue weighted by atomic mass is 19.1. The van der Waals surface area contributed by atoms with E-state index in [1.807, 2.05) is 19.9 Å². The van der Waals surface area contributed by atoms with Gasteiger partial charge < -0.3 is 5.11 Å². The number of hydrogen-bond donors (Lipinski definition) is 1. The van der Waals surface area contributed by atoms with Crippen molar-refractivity contribution in [3.63, 3.8) is 0 Å². The van der Waals surface area contributed by atoms with Gasteiger partial charge in [0.2, 0.25) is 0 Å². The van der Waals surface area contributed by atoms with Gasteiger partial charge in [0.15, 0.2) is 0 Å². The van der Waals surface area contributed by atoms with Crippen molar-refractivity contribution in [2.24, 2.45) is 17.3 Å². The lowest BCUT2D eigenvalue weighted by Crippen LogP contribution is -2.48. The largest absolute Gasteiger partial charge is 0.508 e. The molecule has 0 aliphatic heterocycles. The Bertz CT molecular complexity index is 708. The van der Waals surface area contributed by atoms with Crippen molar-refractivity contribution in [1.82, 2.24) is 0 Å². The Morgan fingerprint density at radius 3 is 2.87 bits per heavy atom. The molecule has 4 rings (SSSR count). The summed E-state index contributed by atoms with van der Waals surface area (Å²) in [5.74, 6) is 0.687. The molecule has 3 aliphatic rings. The van der Waals surface area contributed by atoms with Crippen molar-refractivity contribution in [3.8, 4) is 5.75 Å². The van der Waals surface area contributed by atoms with E-state index in [0.717, 1.165) is 24.0 Å². The van der Waals surface area contributed by atoms with E-state index in [0.29, 0.717) is 12.8 Å². The van der Waals surface area contributed by atoms with Gasteiger partial charge in [-0.25, -0.2) is 4.39 Å². The number of rotatable bonds is 0. The molecule has 0 heterocycles. The number of halogens is 1. The third kappa shape index (κ3) is 1.95. The second kappa shape index (κ2) is 4.93. The van der Waals surface area contributed by atoms with Gasteiger partial charge in [0, 0.05) is 17.8 Å². The zero-order valence-corrected chi connectivity index (χ0v) is 13.7. The molecule has 1 aromatic rings. The van der Waals surface area contributed by atoms with Crippen molar-refractivity contribution < 1.29 is 14.3 Å². The van der Waals surface area contributed by atoms with Gasteiger partial charge in [0.05, 0.1) is 0 Å². The molecule has 3 unspecified atom stereocenters. The number of benzene rings is 1. The smallest absolute Gasteiger partial charge is 0.139 e. The average Bonchev–Trinajstić information content (AvgIpc) is 2.81. The highest BCUT2D eigenvalue weighted by Gasteiger charge is 2.59. The fraction of sp³-hybridized carbons (Fsp3) is 0.550. The summed E-state index contributed by atoms with van der Waals surface area (Å²) < 4.78 is 15.2.